The molecule has 1 aliphatic rings. The minimum Gasteiger partial charge on any atom is -0.462 e. The van der Waals surface area contributed by atoms with Crippen LogP contribution in [-0.4, -0.2) is 38.0 Å². The van der Waals surface area contributed by atoms with E-state index in [9.17, 15) is 14.0 Å². The summed E-state index contributed by atoms with van der Waals surface area (Å²) in [4.78, 5) is 41.0. The number of amides is 1. The van der Waals surface area contributed by atoms with Crippen molar-refractivity contribution in [3.8, 4) is 0 Å². The van der Waals surface area contributed by atoms with E-state index in [0.29, 0.717) is 46.3 Å². The summed E-state index contributed by atoms with van der Waals surface area (Å²) in [6.07, 6.45) is 6.37. The predicted octanol–water partition coefficient (Wildman–Crippen LogP) is 6.96. The molecule has 0 bridgehead atoms. The highest BCUT2D eigenvalue weighted by molar-refractivity contribution is 6.31. The van der Waals surface area contributed by atoms with E-state index in [2.05, 4.69) is 30.2 Å². The van der Waals surface area contributed by atoms with E-state index in [4.69, 9.17) is 16.3 Å². The molecule has 1 amide bonds. The van der Waals surface area contributed by atoms with Crippen LogP contribution in [0, 0.1) is 12.7 Å². The van der Waals surface area contributed by atoms with Crippen molar-refractivity contribution in [1.29, 1.82) is 0 Å². The predicted molar refractivity (Wildman–Crippen MR) is 179 cm³/mol. The molecular formula is C36H32ClFN6O3. The largest absolute Gasteiger partial charge is 0.462 e. The monoisotopic (exact) mass is 650 g/mol. The van der Waals surface area contributed by atoms with E-state index in [0.717, 1.165) is 23.3 Å². The van der Waals surface area contributed by atoms with Crippen LogP contribution in [0.1, 0.15) is 42.6 Å². The molecular weight excluding hydrogens is 619 g/mol. The number of halogens is 2. The van der Waals surface area contributed by atoms with Crippen molar-refractivity contribution in [2.75, 3.05) is 11.9 Å². The number of imidazole rings is 1. The van der Waals surface area contributed by atoms with Crippen molar-refractivity contribution in [3.05, 3.63) is 136 Å². The number of anilines is 1. The molecule has 5 aromatic rings. The van der Waals surface area contributed by atoms with Crippen LogP contribution >= 0.6 is 11.6 Å². The number of hydrogen-bond acceptors (Lipinski definition) is 7. The highest BCUT2D eigenvalue weighted by atomic mass is 35.5. The van der Waals surface area contributed by atoms with Crippen LogP contribution in [-0.2, 0) is 20.9 Å². The molecule has 9 nitrogen and oxygen atoms in total. The summed E-state index contributed by atoms with van der Waals surface area (Å²) in [5.41, 5.74) is 4.29. The van der Waals surface area contributed by atoms with Crippen molar-refractivity contribution in [3.63, 3.8) is 0 Å². The van der Waals surface area contributed by atoms with E-state index >= 15 is 0 Å². The summed E-state index contributed by atoms with van der Waals surface area (Å²) in [7, 11) is 0. The maximum Gasteiger partial charge on any atom is 0.337 e. The van der Waals surface area contributed by atoms with Gasteiger partial charge >= 0.3 is 5.97 Å². The van der Waals surface area contributed by atoms with E-state index in [1.807, 2.05) is 13.0 Å². The Bertz CT molecular complexity index is 2010. The lowest BCUT2D eigenvalue weighted by Crippen LogP contribution is -2.34. The van der Waals surface area contributed by atoms with Gasteiger partial charge in [-0.1, -0.05) is 35.9 Å². The minimum atomic E-state index is -0.908. The SMILES string of the molecule is CC1=C(C(=O)Nc2ccccn2)C(c2ccccc2Cl)C(C(=O)OCCCCn2c(C)nc3cnccc32)=C(c2ccc(F)cc2)N1. The smallest absolute Gasteiger partial charge is 0.337 e. The summed E-state index contributed by atoms with van der Waals surface area (Å²) in [5.74, 6) is -1.17. The van der Waals surface area contributed by atoms with Gasteiger partial charge in [0.25, 0.3) is 5.91 Å². The highest BCUT2D eigenvalue weighted by Gasteiger charge is 2.39. The van der Waals surface area contributed by atoms with Crippen molar-refractivity contribution in [1.82, 2.24) is 24.8 Å². The first kappa shape index (κ1) is 31.6. The molecule has 1 aliphatic heterocycles. The van der Waals surface area contributed by atoms with Gasteiger partial charge in [-0.05, 0) is 86.3 Å². The third kappa shape index (κ3) is 6.78. The molecule has 0 saturated heterocycles. The normalized spacial score (nSPS) is 14.7. The molecule has 0 aliphatic carbocycles. The molecule has 1 atom stereocenters. The van der Waals surface area contributed by atoms with Gasteiger partial charge in [0.2, 0.25) is 0 Å². The number of fused-ring (bicyclic) bond motifs is 1. The fourth-order valence-corrected chi connectivity index (χ4v) is 6.08. The molecule has 0 radical (unpaired) electrons. The maximum atomic E-state index is 14.2. The first-order valence-corrected chi connectivity index (χ1v) is 15.6. The van der Waals surface area contributed by atoms with E-state index in [1.165, 1.54) is 12.1 Å². The molecule has 238 valence electrons. The van der Waals surface area contributed by atoms with Gasteiger partial charge in [-0.3, -0.25) is 9.78 Å². The number of benzene rings is 2. The van der Waals surface area contributed by atoms with Crippen LogP contribution in [0.2, 0.25) is 5.02 Å². The van der Waals surface area contributed by atoms with Crippen LogP contribution in [0.25, 0.3) is 16.7 Å². The van der Waals surface area contributed by atoms with Gasteiger partial charge in [-0.2, -0.15) is 0 Å². The zero-order valence-corrected chi connectivity index (χ0v) is 26.6. The number of nitrogens with zero attached hydrogens (tertiary/aromatic N) is 4. The summed E-state index contributed by atoms with van der Waals surface area (Å²) < 4.78 is 22.0. The fraction of sp³-hybridized carbons (Fsp3) is 0.194. The third-order valence-electron chi connectivity index (χ3n) is 8.03. The molecule has 11 heteroatoms. The molecule has 6 rings (SSSR count). The number of hydrogen-bond donors (Lipinski definition) is 2. The number of esters is 1. The van der Waals surface area contributed by atoms with Gasteiger partial charge in [-0.15, -0.1) is 0 Å². The molecule has 2 aromatic carbocycles. The lowest BCUT2D eigenvalue weighted by Gasteiger charge is -2.32. The second-order valence-electron chi connectivity index (χ2n) is 11.1. The van der Waals surface area contributed by atoms with E-state index in [-0.39, 0.29) is 17.8 Å². The number of carbonyl (C=O) groups excluding carboxylic acids is 2. The second kappa shape index (κ2) is 14.0. The van der Waals surface area contributed by atoms with Crippen LogP contribution in [0.5, 0.6) is 0 Å². The summed E-state index contributed by atoms with van der Waals surface area (Å²) >= 11 is 6.75. The summed E-state index contributed by atoms with van der Waals surface area (Å²) in [5, 5.41) is 6.48. The number of allylic oxidation sites excluding steroid dienone is 1. The number of pyridine rings is 2. The number of aryl methyl sites for hydroxylation is 2. The van der Waals surface area contributed by atoms with Crippen LogP contribution in [0.4, 0.5) is 10.2 Å². The molecule has 2 N–H and O–H groups in total. The Balaban J connectivity index is 1.32. The zero-order chi connectivity index (χ0) is 32.9. The Labute approximate surface area is 276 Å². The standard InChI is InChI=1S/C36H32ClFN6O3/c1-22-31(35(45)43-30-11-5-6-17-40-30)32(26-9-3-4-10-27(26)37)33(34(41-22)24-12-14-25(38)15-13-24)36(46)47-20-8-7-19-44-23(2)42-28-21-39-18-16-29(28)44/h3-6,9-18,21,32,41H,7-8,19-20H2,1-2H3,(H,40,43,45). The van der Waals surface area contributed by atoms with Gasteiger partial charge in [0.05, 0.1) is 35.5 Å². The molecule has 0 spiro atoms. The summed E-state index contributed by atoms with van der Waals surface area (Å²) in [6.45, 7) is 4.53. The third-order valence-corrected chi connectivity index (χ3v) is 8.38. The number of nitrogens with one attached hydrogen (secondary N) is 2. The first-order valence-electron chi connectivity index (χ1n) is 15.2. The molecule has 0 fully saturated rings. The number of aromatic nitrogens is 4. The number of dihydropyridines is 1. The lowest BCUT2D eigenvalue weighted by molar-refractivity contribution is -0.139. The molecule has 1 unspecified atom stereocenters. The second-order valence-corrected chi connectivity index (χ2v) is 11.5. The highest BCUT2D eigenvalue weighted by Crippen LogP contribution is 2.44. The maximum absolute atomic E-state index is 14.2. The first-order chi connectivity index (χ1) is 22.8. The zero-order valence-electron chi connectivity index (χ0n) is 25.8. The van der Waals surface area contributed by atoms with Gasteiger partial charge < -0.3 is 19.9 Å². The van der Waals surface area contributed by atoms with Crippen LogP contribution < -0.4 is 10.6 Å². The van der Waals surface area contributed by atoms with Crippen LogP contribution in [0.3, 0.4) is 0 Å². The Morgan fingerprint density at radius 2 is 1.77 bits per heavy atom. The van der Waals surface area contributed by atoms with Crippen molar-refractivity contribution in [2.24, 2.45) is 0 Å². The number of ether oxygens (including phenoxy) is 1. The Kier molecular flexibility index (Phi) is 9.40. The Hall–Kier alpha value is -5.35. The van der Waals surface area contributed by atoms with Crippen molar-refractivity contribution < 1.29 is 18.7 Å². The number of unbranched alkanes of at least 4 members (excludes halogenated alkanes) is 1. The average Bonchev–Trinajstić information content (AvgIpc) is 3.39. The molecule has 47 heavy (non-hydrogen) atoms. The fourth-order valence-electron chi connectivity index (χ4n) is 5.83. The van der Waals surface area contributed by atoms with Gasteiger partial charge in [0.1, 0.15) is 23.0 Å². The van der Waals surface area contributed by atoms with Gasteiger partial charge in [0.15, 0.2) is 0 Å². The lowest BCUT2D eigenvalue weighted by atomic mass is 9.78. The van der Waals surface area contributed by atoms with Gasteiger partial charge in [-0.25, -0.2) is 19.2 Å². The summed E-state index contributed by atoms with van der Waals surface area (Å²) in [6, 6.07) is 20.0. The van der Waals surface area contributed by atoms with Crippen molar-refractivity contribution >= 4 is 46.0 Å². The van der Waals surface area contributed by atoms with E-state index < -0.39 is 23.6 Å². The van der Waals surface area contributed by atoms with Crippen LogP contribution in [0.15, 0.2) is 108 Å². The topological polar surface area (TPSA) is 111 Å². The quantitative estimate of drug-likeness (QED) is 0.124. The number of rotatable bonds is 10. The van der Waals surface area contributed by atoms with Crippen molar-refractivity contribution in [2.45, 2.75) is 39.2 Å². The molecule has 0 saturated carbocycles. The number of carbonyl (C=O) groups is 2. The Morgan fingerprint density at radius 3 is 2.53 bits per heavy atom. The molecule has 3 aromatic heterocycles. The average molecular weight is 651 g/mol. The van der Waals surface area contributed by atoms with E-state index in [1.54, 1.807) is 80.1 Å². The minimum absolute atomic E-state index is 0.139. The Morgan fingerprint density at radius 1 is 0.979 bits per heavy atom. The molecule has 4 heterocycles. The van der Waals surface area contributed by atoms with Gasteiger partial charge in [0, 0.05) is 35.2 Å².